The molecule has 0 radical (unpaired) electrons. The number of carbonyl (C=O) groups excluding carboxylic acids is 2. The largest absolute Gasteiger partial charge is 0.355 e. The van der Waals surface area contributed by atoms with Gasteiger partial charge in [-0.05, 0) is 18.2 Å². The summed E-state index contributed by atoms with van der Waals surface area (Å²) in [5, 5.41) is 13.0. The van der Waals surface area contributed by atoms with Gasteiger partial charge in [-0.2, -0.15) is 0 Å². The number of carbonyl (C=O) groups is 2. The van der Waals surface area contributed by atoms with E-state index < -0.39 is 0 Å². The van der Waals surface area contributed by atoms with Crippen LogP contribution in [0.5, 0.6) is 0 Å². The van der Waals surface area contributed by atoms with Crippen LogP contribution in [0.15, 0.2) is 36.9 Å². The van der Waals surface area contributed by atoms with Gasteiger partial charge in [0.15, 0.2) is 0 Å². The molecule has 1 aromatic carbocycles. The summed E-state index contributed by atoms with van der Waals surface area (Å²) >= 11 is 0. The molecule has 1 atom stereocenters. The Balaban J connectivity index is 1.73. The quantitative estimate of drug-likeness (QED) is 0.842. The molecule has 0 aliphatic carbocycles. The molecule has 0 bridgehead atoms. The average molecular weight is 271 g/mol. The standard InChI is InChI=1S/C13H13N5O2/c19-12-4-9(6-14-12)13(20)17-10-2-1-3-11(5-10)18-7-15-16-8-18/h1-3,5,7-9H,4,6H2,(H,14,19)(H,17,20). The van der Waals surface area contributed by atoms with E-state index in [2.05, 4.69) is 20.8 Å². The third-order valence-corrected chi connectivity index (χ3v) is 3.18. The Bertz CT molecular complexity index is 638. The second-order valence-corrected chi connectivity index (χ2v) is 4.61. The maximum absolute atomic E-state index is 12.0. The van der Waals surface area contributed by atoms with Crippen molar-refractivity contribution >= 4 is 17.5 Å². The predicted molar refractivity (Wildman–Crippen MR) is 71.1 cm³/mol. The molecule has 1 aliphatic heterocycles. The molecular formula is C13H13N5O2. The Kier molecular flexibility index (Phi) is 3.16. The van der Waals surface area contributed by atoms with Gasteiger partial charge in [0.05, 0.1) is 11.6 Å². The number of rotatable bonds is 3. The highest BCUT2D eigenvalue weighted by Gasteiger charge is 2.27. The smallest absolute Gasteiger partial charge is 0.229 e. The number of hydrogen-bond acceptors (Lipinski definition) is 4. The number of benzene rings is 1. The molecule has 7 nitrogen and oxygen atoms in total. The molecule has 7 heteroatoms. The molecule has 1 saturated heterocycles. The summed E-state index contributed by atoms with van der Waals surface area (Å²) in [5.41, 5.74) is 1.54. The monoisotopic (exact) mass is 271 g/mol. The highest BCUT2D eigenvalue weighted by atomic mass is 16.2. The summed E-state index contributed by atoms with van der Waals surface area (Å²) in [6.45, 7) is 0.399. The molecule has 1 unspecified atom stereocenters. The van der Waals surface area contributed by atoms with Crippen molar-refractivity contribution in [3.8, 4) is 5.69 Å². The second kappa shape index (κ2) is 5.12. The van der Waals surface area contributed by atoms with Crippen LogP contribution in [0.3, 0.4) is 0 Å². The SMILES string of the molecule is O=C1CC(C(=O)Nc2cccc(-n3cnnc3)c2)CN1. The van der Waals surface area contributed by atoms with Crippen LogP contribution in [0.1, 0.15) is 6.42 Å². The van der Waals surface area contributed by atoms with Crippen LogP contribution in [-0.4, -0.2) is 33.1 Å². The van der Waals surface area contributed by atoms with E-state index in [1.54, 1.807) is 23.3 Å². The van der Waals surface area contributed by atoms with E-state index >= 15 is 0 Å². The third-order valence-electron chi connectivity index (χ3n) is 3.18. The Labute approximate surface area is 115 Å². The number of aromatic nitrogens is 3. The van der Waals surface area contributed by atoms with Crippen LogP contribution in [-0.2, 0) is 9.59 Å². The van der Waals surface area contributed by atoms with Gasteiger partial charge in [0.2, 0.25) is 11.8 Å². The fourth-order valence-electron chi connectivity index (χ4n) is 2.11. The lowest BCUT2D eigenvalue weighted by Gasteiger charge is -2.10. The predicted octanol–water partition coefficient (Wildman–Crippen LogP) is 0.342. The first kappa shape index (κ1) is 12.3. The van der Waals surface area contributed by atoms with Gasteiger partial charge in [0.25, 0.3) is 0 Å². The lowest BCUT2D eigenvalue weighted by Crippen LogP contribution is -2.24. The molecular weight excluding hydrogens is 258 g/mol. The molecule has 0 spiro atoms. The normalized spacial score (nSPS) is 17.8. The minimum Gasteiger partial charge on any atom is -0.355 e. The van der Waals surface area contributed by atoms with Crippen molar-refractivity contribution in [1.29, 1.82) is 0 Å². The zero-order valence-corrected chi connectivity index (χ0v) is 10.6. The molecule has 1 fully saturated rings. The number of nitrogens with one attached hydrogen (secondary N) is 2. The Morgan fingerprint density at radius 3 is 2.85 bits per heavy atom. The maximum Gasteiger partial charge on any atom is 0.229 e. The number of nitrogens with zero attached hydrogens (tertiary/aromatic N) is 3. The van der Waals surface area contributed by atoms with E-state index in [4.69, 9.17) is 0 Å². The second-order valence-electron chi connectivity index (χ2n) is 4.61. The molecule has 0 saturated carbocycles. The summed E-state index contributed by atoms with van der Waals surface area (Å²) < 4.78 is 1.75. The zero-order valence-electron chi connectivity index (χ0n) is 10.6. The van der Waals surface area contributed by atoms with E-state index in [9.17, 15) is 9.59 Å². The molecule has 2 aromatic rings. The number of amides is 2. The topological polar surface area (TPSA) is 88.9 Å². The van der Waals surface area contributed by atoms with Crippen LogP contribution >= 0.6 is 0 Å². The minimum atomic E-state index is -0.305. The van der Waals surface area contributed by atoms with Crippen molar-refractivity contribution in [2.24, 2.45) is 5.92 Å². The van der Waals surface area contributed by atoms with Gasteiger partial charge in [-0.3, -0.25) is 14.2 Å². The van der Waals surface area contributed by atoms with Crippen molar-refractivity contribution in [3.05, 3.63) is 36.9 Å². The third kappa shape index (κ3) is 2.51. The molecule has 1 aliphatic rings. The zero-order chi connectivity index (χ0) is 13.9. The van der Waals surface area contributed by atoms with Gasteiger partial charge in [0, 0.05) is 18.7 Å². The summed E-state index contributed by atoms with van der Waals surface area (Å²) in [5.74, 6) is -0.534. The number of anilines is 1. The van der Waals surface area contributed by atoms with Crippen molar-refractivity contribution < 1.29 is 9.59 Å². The van der Waals surface area contributed by atoms with E-state index in [0.717, 1.165) is 5.69 Å². The number of hydrogen-bond donors (Lipinski definition) is 2. The van der Waals surface area contributed by atoms with E-state index in [1.165, 1.54) is 0 Å². The summed E-state index contributed by atoms with van der Waals surface area (Å²) in [6.07, 6.45) is 3.41. The summed E-state index contributed by atoms with van der Waals surface area (Å²) in [6, 6.07) is 7.35. The highest BCUT2D eigenvalue weighted by Crippen LogP contribution is 2.17. The maximum atomic E-state index is 12.0. The van der Waals surface area contributed by atoms with E-state index in [0.29, 0.717) is 12.2 Å². The lowest BCUT2D eigenvalue weighted by atomic mass is 10.1. The van der Waals surface area contributed by atoms with Crippen LogP contribution in [0, 0.1) is 5.92 Å². The molecule has 102 valence electrons. The van der Waals surface area contributed by atoms with Gasteiger partial charge in [-0.1, -0.05) is 6.07 Å². The molecule has 2 heterocycles. The van der Waals surface area contributed by atoms with Gasteiger partial charge < -0.3 is 10.6 Å². The summed E-state index contributed by atoms with van der Waals surface area (Å²) in [7, 11) is 0. The fourth-order valence-corrected chi connectivity index (χ4v) is 2.11. The van der Waals surface area contributed by atoms with Gasteiger partial charge in [-0.15, -0.1) is 10.2 Å². The van der Waals surface area contributed by atoms with Crippen molar-refractivity contribution in [2.45, 2.75) is 6.42 Å². The van der Waals surface area contributed by atoms with Crippen LogP contribution in [0.2, 0.25) is 0 Å². The van der Waals surface area contributed by atoms with Crippen LogP contribution in [0.25, 0.3) is 5.69 Å². The average Bonchev–Trinajstić information content (AvgIpc) is 3.10. The molecule has 2 amide bonds. The van der Waals surface area contributed by atoms with Crippen molar-refractivity contribution in [1.82, 2.24) is 20.1 Å². The first-order chi connectivity index (χ1) is 9.72. The molecule has 2 N–H and O–H groups in total. The Morgan fingerprint density at radius 1 is 1.35 bits per heavy atom. The lowest BCUT2D eigenvalue weighted by molar-refractivity contribution is -0.123. The molecule has 20 heavy (non-hydrogen) atoms. The van der Waals surface area contributed by atoms with Crippen molar-refractivity contribution in [3.63, 3.8) is 0 Å². The molecule has 3 rings (SSSR count). The first-order valence-electron chi connectivity index (χ1n) is 6.25. The Hall–Kier alpha value is -2.70. The summed E-state index contributed by atoms with van der Waals surface area (Å²) in [4.78, 5) is 23.1. The van der Waals surface area contributed by atoms with Gasteiger partial charge >= 0.3 is 0 Å². The van der Waals surface area contributed by atoms with Crippen molar-refractivity contribution in [2.75, 3.05) is 11.9 Å². The van der Waals surface area contributed by atoms with E-state index in [1.807, 2.05) is 18.2 Å². The minimum absolute atomic E-state index is 0.0802. The first-order valence-corrected chi connectivity index (χ1v) is 6.25. The van der Waals surface area contributed by atoms with Crippen LogP contribution < -0.4 is 10.6 Å². The fraction of sp³-hybridized carbons (Fsp3) is 0.231. The highest BCUT2D eigenvalue weighted by molar-refractivity contribution is 5.97. The Morgan fingerprint density at radius 2 is 2.15 bits per heavy atom. The molecule has 1 aromatic heterocycles. The van der Waals surface area contributed by atoms with Gasteiger partial charge in [0.1, 0.15) is 12.7 Å². The van der Waals surface area contributed by atoms with Gasteiger partial charge in [-0.25, -0.2) is 0 Å². The van der Waals surface area contributed by atoms with Crippen LogP contribution in [0.4, 0.5) is 5.69 Å². The van der Waals surface area contributed by atoms with E-state index in [-0.39, 0.29) is 24.2 Å².